The summed E-state index contributed by atoms with van der Waals surface area (Å²) in [5, 5.41) is 7.59. The van der Waals surface area contributed by atoms with Gasteiger partial charge >= 0.3 is 6.18 Å². The molecule has 0 saturated heterocycles. The smallest absolute Gasteiger partial charge is 0.300 e. The van der Waals surface area contributed by atoms with Crippen LogP contribution in [0.3, 0.4) is 0 Å². The van der Waals surface area contributed by atoms with Gasteiger partial charge in [-0.1, -0.05) is 53.6 Å². The van der Waals surface area contributed by atoms with Crippen molar-refractivity contribution in [2.75, 3.05) is 0 Å². The molecule has 0 spiro atoms. The predicted octanol–water partition coefficient (Wildman–Crippen LogP) is 5.08. The van der Waals surface area contributed by atoms with Crippen molar-refractivity contribution in [3.8, 4) is 0 Å². The van der Waals surface area contributed by atoms with Crippen LogP contribution in [0.4, 0.5) is 13.2 Å². The maximum atomic E-state index is 12.8. The summed E-state index contributed by atoms with van der Waals surface area (Å²) in [6.45, 7) is 1.89. The monoisotopic (exact) mass is 297 g/mol. The Morgan fingerprint density at radius 1 is 1.05 bits per heavy atom. The largest absolute Gasteiger partial charge is 0.417 e. The Balaban J connectivity index is 2.48. The van der Waals surface area contributed by atoms with E-state index in [4.69, 9.17) is 17.0 Å². The Morgan fingerprint density at radius 3 is 2.20 bits per heavy atom. The predicted molar refractivity (Wildman–Crippen MR) is 73.6 cm³/mol. The minimum atomic E-state index is -4.53. The minimum Gasteiger partial charge on any atom is -0.300 e. The van der Waals surface area contributed by atoms with E-state index in [1.807, 2.05) is 6.92 Å². The van der Waals surface area contributed by atoms with Gasteiger partial charge < -0.3 is 0 Å². The molecule has 0 radical (unpaired) electrons. The average molecular weight is 298 g/mol. The fourth-order valence-electron chi connectivity index (χ4n) is 1.82. The lowest BCUT2D eigenvalue weighted by atomic mass is 9.99. The van der Waals surface area contributed by atoms with Gasteiger partial charge in [0.1, 0.15) is 0 Å². The molecule has 0 bridgehead atoms. The van der Waals surface area contributed by atoms with Crippen molar-refractivity contribution in [2.45, 2.75) is 13.1 Å². The van der Waals surface area contributed by atoms with Gasteiger partial charge in [0.05, 0.1) is 16.3 Å². The molecule has 5 heteroatoms. The molecular formula is C15H11ClF3N. The third kappa shape index (κ3) is 2.85. The third-order valence-electron chi connectivity index (χ3n) is 2.91. The third-order valence-corrected chi connectivity index (χ3v) is 3.32. The number of aryl methyl sites for hydroxylation is 1. The van der Waals surface area contributed by atoms with Crippen LogP contribution in [0.1, 0.15) is 22.3 Å². The van der Waals surface area contributed by atoms with E-state index < -0.39 is 16.8 Å². The Morgan fingerprint density at radius 2 is 1.65 bits per heavy atom. The lowest BCUT2D eigenvalue weighted by Crippen LogP contribution is -2.10. The summed E-state index contributed by atoms with van der Waals surface area (Å²) >= 11 is 5.81. The molecule has 0 aromatic heterocycles. The molecule has 1 nitrogen and oxygen atoms in total. The number of hydrogen-bond donors (Lipinski definition) is 1. The quantitative estimate of drug-likeness (QED) is 0.747. The minimum absolute atomic E-state index is 0.0268. The number of halogens is 4. The Labute approximate surface area is 119 Å². The number of alkyl halides is 3. The van der Waals surface area contributed by atoms with Gasteiger partial charge in [0.15, 0.2) is 0 Å². The summed E-state index contributed by atoms with van der Waals surface area (Å²) in [4.78, 5) is 0. The first-order valence-electron chi connectivity index (χ1n) is 5.82. The molecule has 2 aromatic carbocycles. The van der Waals surface area contributed by atoms with E-state index in [9.17, 15) is 13.2 Å². The van der Waals surface area contributed by atoms with Crippen molar-refractivity contribution in [1.29, 1.82) is 5.41 Å². The van der Waals surface area contributed by atoms with Crippen molar-refractivity contribution >= 4 is 17.3 Å². The lowest BCUT2D eigenvalue weighted by molar-refractivity contribution is -0.137. The maximum Gasteiger partial charge on any atom is 0.417 e. The first kappa shape index (κ1) is 14.6. The molecular weight excluding hydrogens is 287 g/mol. The van der Waals surface area contributed by atoms with Gasteiger partial charge in [0.2, 0.25) is 0 Å². The second-order valence-electron chi connectivity index (χ2n) is 4.41. The summed E-state index contributed by atoms with van der Waals surface area (Å²) in [5.41, 5.74) is 0.661. The molecule has 0 aliphatic heterocycles. The zero-order valence-corrected chi connectivity index (χ0v) is 11.3. The topological polar surface area (TPSA) is 23.9 Å². The Hall–Kier alpha value is -1.81. The van der Waals surface area contributed by atoms with Gasteiger partial charge in [-0.3, -0.25) is 5.41 Å². The van der Waals surface area contributed by atoms with Gasteiger partial charge in [0.25, 0.3) is 0 Å². The fraction of sp³-hybridized carbons (Fsp3) is 0.133. The van der Waals surface area contributed by atoms with E-state index in [2.05, 4.69) is 0 Å². The molecule has 0 heterocycles. The van der Waals surface area contributed by atoms with Crippen LogP contribution in [0.15, 0.2) is 42.5 Å². The van der Waals surface area contributed by atoms with Crippen LogP contribution in [0.25, 0.3) is 0 Å². The zero-order valence-electron chi connectivity index (χ0n) is 10.6. The SMILES string of the molecule is Cc1ccc(C(=N)c2cccc(C(F)(F)F)c2Cl)cc1. The summed E-state index contributed by atoms with van der Waals surface area (Å²) in [6.07, 6.45) is -4.53. The van der Waals surface area contributed by atoms with Gasteiger partial charge in [-0.05, 0) is 13.0 Å². The molecule has 20 heavy (non-hydrogen) atoms. The normalized spacial score (nSPS) is 11.4. The first-order valence-corrected chi connectivity index (χ1v) is 6.20. The zero-order chi connectivity index (χ0) is 14.9. The second kappa shape index (κ2) is 5.29. The van der Waals surface area contributed by atoms with E-state index in [1.165, 1.54) is 12.1 Å². The standard InChI is InChI=1S/C15H11ClF3N/c1-9-5-7-10(8-6-9)14(20)11-3-2-4-12(13(11)16)15(17,18)19/h2-8,20H,1H3. The van der Waals surface area contributed by atoms with E-state index >= 15 is 0 Å². The van der Waals surface area contributed by atoms with E-state index in [0.29, 0.717) is 5.56 Å². The van der Waals surface area contributed by atoms with Crippen LogP contribution in [0.5, 0.6) is 0 Å². The second-order valence-corrected chi connectivity index (χ2v) is 4.78. The molecule has 0 fully saturated rings. The van der Waals surface area contributed by atoms with Crippen molar-refractivity contribution in [3.05, 3.63) is 69.7 Å². The molecule has 0 unspecified atom stereocenters. The summed E-state index contributed by atoms with van der Waals surface area (Å²) in [7, 11) is 0. The lowest BCUT2D eigenvalue weighted by Gasteiger charge is -2.13. The number of nitrogens with one attached hydrogen (secondary N) is 1. The van der Waals surface area contributed by atoms with Gasteiger partial charge in [-0.15, -0.1) is 0 Å². The van der Waals surface area contributed by atoms with Crippen LogP contribution in [0.2, 0.25) is 5.02 Å². The summed E-state index contributed by atoms with van der Waals surface area (Å²) in [5.74, 6) is 0. The van der Waals surface area contributed by atoms with Crippen LogP contribution >= 0.6 is 11.6 Å². The Kier molecular flexibility index (Phi) is 3.86. The van der Waals surface area contributed by atoms with Crippen LogP contribution in [-0.4, -0.2) is 5.71 Å². The van der Waals surface area contributed by atoms with Gasteiger partial charge in [-0.25, -0.2) is 0 Å². The van der Waals surface area contributed by atoms with Gasteiger partial charge in [-0.2, -0.15) is 13.2 Å². The highest BCUT2D eigenvalue weighted by Crippen LogP contribution is 2.36. The highest BCUT2D eigenvalue weighted by molar-refractivity contribution is 6.36. The van der Waals surface area contributed by atoms with Crippen molar-refractivity contribution < 1.29 is 13.2 Å². The molecule has 2 rings (SSSR count). The van der Waals surface area contributed by atoms with Crippen molar-refractivity contribution in [2.24, 2.45) is 0 Å². The molecule has 0 aliphatic rings. The number of benzene rings is 2. The van der Waals surface area contributed by atoms with Crippen molar-refractivity contribution in [1.82, 2.24) is 0 Å². The van der Waals surface area contributed by atoms with E-state index in [1.54, 1.807) is 24.3 Å². The maximum absolute atomic E-state index is 12.8. The summed E-state index contributed by atoms with van der Waals surface area (Å²) < 4.78 is 38.4. The van der Waals surface area contributed by atoms with Crippen molar-refractivity contribution in [3.63, 3.8) is 0 Å². The average Bonchev–Trinajstić information content (AvgIpc) is 2.37. The molecule has 0 atom stereocenters. The molecule has 0 aliphatic carbocycles. The summed E-state index contributed by atoms with van der Waals surface area (Å²) in [6, 6.07) is 10.6. The first-order chi connectivity index (χ1) is 9.30. The molecule has 0 amide bonds. The highest BCUT2D eigenvalue weighted by atomic mass is 35.5. The van der Waals surface area contributed by atoms with Crippen LogP contribution < -0.4 is 0 Å². The van der Waals surface area contributed by atoms with Crippen LogP contribution in [-0.2, 0) is 6.18 Å². The Bertz CT molecular complexity index is 645. The number of hydrogen-bond acceptors (Lipinski definition) is 1. The molecule has 2 aromatic rings. The van der Waals surface area contributed by atoms with E-state index in [0.717, 1.165) is 11.6 Å². The molecule has 104 valence electrons. The fourth-order valence-corrected chi connectivity index (χ4v) is 2.15. The molecule has 0 saturated carbocycles. The molecule has 1 N–H and O–H groups in total. The highest BCUT2D eigenvalue weighted by Gasteiger charge is 2.34. The van der Waals surface area contributed by atoms with Gasteiger partial charge in [0, 0.05) is 11.1 Å². The van der Waals surface area contributed by atoms with E-state index in [-0.39, 0.29) is 11.3 Å². The number of rotatable bonds is 2. The van der Waals surface area contributed by atoms with Crippen LogP contribution in [0, 0.1) is 12.3 Å².